The molecule has 1 aromatic carbocycles. The van der Waals surface area contributed by atoms with E-state index in [0.29, 0.717) is 18.1 Å². The maximum Gasteiger partial charge on any atom is 0.234 e. The maximum atomic E-state index is 12.1. The van der Waals surface area contributed by atoms with Crippen LogP contribution in [-0.2, 0) is 4.79 Å². The topological polar surface area (TPSA) is 55.8 Å². The molecule has 0 spiro atoms. The van der Waals surface area contributed by atoms with E-state index in [2.05, 4.69) is 15.1 Å². The Hall–Kier alpha value is -1.14. The van der Waals surface area contributed by atoms with E-state index in [0.717, 1.165) is 31.7 Å². The molecule has 1 saturated heterocycles. The minimum Gasteiger partial charge on any atom is -0.395 e. The highest BCUT2D eigenvalue weighted by molar-refractivity contribution is 6.30. The van der Waals surface area contributed by atoms with Crippen molar-refractivity contribution in [1.29, 1.82) is 0 Å². The highest BCUT2D eigenvalue weighted by Crippen LogP contribution is 2.16. The first-order valence-electron chi connectivity index (χ1n) is 7.69. The van der Waals surface area contributed by atoms with E-state index in [-0.39, 0.29) is 18.6 Å². The van der Waals surface area contributed by atoms with Gasteiger partial charge in [0.15, 0.2) is 0 Å². The van der Waals surface area contributed by atoms with Gasteiger partial charge in [-0.3, -0.25) is 14.6 Å². The number of hydrogen-bond acceptors (Lipinski definition) is 4. The van der Waals surface area contributed by atoms with Crippen molar-refractivity contribution in [1.82, 2.24) is 15.1 Å². The van der Waals surface area contributed by atoms with Gasteiger partial charge in [-0.1, -0.05) is 23.7 Å². The van der Waals surface area contributed by atoms with Crippen LogP contribution in [0.2, 0.25) is 5.02 Å². The third-order valence-corrected chi connectivity index (χ3v) is 4.25. The molecular formula is C16H24ClN3O2. The zero-order chi connectivity index (χ0) is 15.9. The Bertz CT molecular complexity index is 473. The zero-order valence-corrected chi connectivity index (χ0v) is 13.7. The zero-order valence-electron chi connectivity index (χ0n) is 13.0. The van der Waals surface area contributed by atoms with Crippen LogP contribution in [0.15, 0.2) is 24.3 Å². The minimum absolute atomic E-state index is 0.0274. The molecule has 2 N–H and O–H groups in total. The Morgan fingerprint density at radius 2 is 1.82 bits per heavy atom. The van der Waals surface area contributed by atoms with Gasteiger partial charge in [0.05, 0.1) is 19.2 Å². The van der Waals surface area contributed by atoms with Gasteiger partial charge in [0.25, 0.3) is 0 Å². The number of carbonyl (C=O) groups excluding carboxylic acids is 1. The Balaban J connectivity index is 1.75. The molecule has 1 aromatic rings. The Morgan fingerprint density at radius 1 is 1.23 bits per heavy atom. The molecule has 5 nitrogen and oxygen atoms in total. The summed E-state index contributed by atoms with van der Waals surface area (Å²) in [6.07, 6.45) is 0. The number of nitrogens with one attached hydrogen (secondary N) is 1. The third-order valence-electron chi connectivity index (χ3n) is 4.00. The molecule has 1 unspecified atom stereocenters. The van der Waals surface area contributed by atoms with Gasteiger partial charge >= 0.3 is 0 Å². The third kappa shape index (κ3) is 5.25. The molecule has 22 heavy (non-hydrogen) atoms. The molecule has 122 valence electrons. The van der Waals surface area contributed by atoms with Crippen molar-refractivity contribution in [3.05, 3.63) is 34.9 Å². The van der Waals surface area contributed by atoms with Gasteiger partial charge in [-0.15, -0.1) is 0 Å². The van der Waals surface area contributed by atoms with Crippen molar-refractivity contribution < 1.29 is 9.90 Å². The first-order valence-corrected chi connectivity index (χ1v) is 8.06. The molecule has 2 rings (SSSR count). The molecule has 1 aliphatic heterocycles. The number of hydrogen-bond donors (Lipinski definition) is 2. The Labute approximate surface area is 136 Å². The molecule has 0 radical (unpaired) electrons. The molecule has 1 atom stereocenters. The monoisotopic (exact) mass is 325 g/mol. The van der Waals surface area contributed by atoms with Crippen molar-refractivity contribution in [2.75, 3.05) is 45.9 Å². The number of aliphatic hydroxyl groups excluding tert-OH is 1. The second-order valence-electron chi connectivity index (χ2n) is 5.68. The summed E-state index contributed by atoms with van der Waals surface area (Å²) in [7, 11) is 0. The van der Waals surface area contributed by atoms with Crippen LogP contribution in [0.25, 0.3) is 0 Å². The van der Waals surface area contributed by atoms with Gasteiger partial charge in [0.1, 0.15) is 0 Å². The maximum absolute atomic E-state index is 12.1. The molecule has 0 aromatic heterocycles. The summed E-state index contributed by atoms with van der Waals surface area (Å²) in [5, 5.41) is 12.6. The number of amides is 1. The summed E-state index contributed by atoms with van der Waals surface area (Å²) in [6, 6.07) is 7.50. The molecule has 0 saturated carbocycles. The van der Waals surface area contributed by atoms with E-state index in [1.807, 2.05) is 31.2 Å². The number of rotatable bonds is 6. The summed E-state index contributed by atoms with van der Waals surface area (Å²) in [5.41, 5.74) is 1.05. The second-order valence-corrected chi connectivity index (χ2v) is 6.12. The molecule has 1 aliphatic rings. The van der Waals surface area contributed by atoms with Gasteiger partial charge < -0.3 is 10.4 Å². The Morgan fingerprint density at radius 3 is 2.41 bits per heavy atom. The number of β-amino-alcohol motifs (C(OH)–C–C–N with tert-alkyl or cyclic N) is 1. The fourth-order valence-electron chi connectivity index (χ4n) is 2.64. The van der Waals surface area contributed by atoms with Crippen LogP contribution in [0.4, 0.5) is 0 Å². The van der Waals surface area contributed by atoms with Crippen molar-refractivity contribution >= 4 is 17.5 Å². The normalized spacial score (nSPS) is 18.1. The van der Waals surface area contributed by atoms with Crippen LogP contribution in [-0.4, -0.2) is 66.7 Å². The van der Waals surface area contributed by atoms with Crippen LogP contribution in [0, 0.1) is 0 Å². The smallest absolute Gasteiger partial charge is 0.234 e. The molecule has 1 heterocycles. The van der Waals surface area contributed by atoms with Crippen molar-refractivity contribution in [2.45, 2.75) is 13.0 Å². The number of carbonyl (C=O) groups is 1. The van der Waals surface area contributed by atoms with Gasteiger partial charge in [0.2, 0.25) is 5.91 Å². The van der Waals surface area contributed by atoms with E-state index >= 15 is 0 Å². The fourth-order valence-corrected chi connectivity index (χ4v) is 2.76. The van der Waals surface area contributed by atoms with Crippen LogP contribution in [0.5, 0.6) is 0 Å². The van der Waals surface area contributed by atoms with E-state index in [1.165, 1.54) is 0 Å². The molecular weight excluding hydrogens is 302 g/mol. The lowest BCUT2D eigenvalue weighted by Gasteiger charge is -2.34. The van der Waals surface area contributed by atoms with Gasteiger partial charge in [-0.2, -0.15) is 0 Å². The molecule has 0 bridgehead atoms. The van der Waals surface area contributed by atoms with Crippen LogP contribution in [0.3, 0.4) is 0 Å². The number of nitrogens with zero attached hydrogens (tertiary/aromatic N) is 2. The van der Waals surface area contributed by atoms with Crippen LogP contribution in [0.1, 0.15) is 18.5 Å². The fraction of sp³-hybridized carbons (Fsp3) is 0.562. The summed E-state index contributed by atoms with van der Waals surface area (Å²) in [6.45, 7) is 6.84. The lowest BCUT2D eigenvalue weighted by Crippen LogP contribution is -2.50. The largest absolute Gasteiger partial charge is 0.395 e. The number of benzene rings is 1. The first-order chi connectivity index (χ1) is 10.6. The molecule has 6 heteroatoms. The average Bonchev–Trinajstić information content (AvgIpc) is 2.50. The lowest BCUT2D eigenvalue weighted by atomic mass is 10.1. The summed E-state index contributed by atoms with van der Waals surface area (Å²) in [5.74, 6) is 0.0399. The van der Waals surface area contributed by atoms with Gasteiger partial charge in [0, 0.05) is 37.7 Å². The molecule has 1 amide bonds. The van der Waals surface area contributed by atoms with Crippen LogP contribution >= 0.6 is 11.6 Å². The van der Waals surface area contributed by atoms with E-state index in [1.54, 1.807) is 0 Å². The number of piperazine rings is 1. The van der Waals surface area contributed by atoms with E-state index in [4.69, 9.17) is 16.7 Å². The highest BCUT2D eigenvalue weighted by Gasteiger charge is 2.19. The SMILES string of the molecule is CC(NC(=O)CN1CCN(CCO)CC1)c1ccc(Cl)cc1. The highest BCUT2D eigenvalue weighted by atomic mass is 35.5. The molecule has 1 fully saturated rings. The quantitative estimate of drug-likeness (QED) is 0.823. The number of aliphatic hydroxyl groups is 1. The predicted molar refractivity (Wildman–Crippen MR) is 88.0 cm³/mol. The van der Waals surface area contributed by atoms with Crippen molar-refractivity contribution in [2.24, 2.45) is 0 Å². The predicted octanol–water partition coefficient (Wildman–Crippen LogP) is 1.13. The average molecular weight is 326 g/mol. The van der Waals surface area contributed by atoms with Crippen LogP contribution < -0.4 is 5.32 Å². The van der Waals surface area contributed by atoms with Crippen molar-refractivity contribution in [3.63, 3.8) is 0 Å². The lowest BCUT2D eigenvalue weighted by molar-refractivity contribution is -0.123. The number of halogens is 1. The summed E-state index contributed by atoms with van der Waals surface area (Å²) in [4.78, 5) is 16.5. The van der Waals surface area contributed by atoms with Gasteiger partial charge in [-0.25, -0.2) is 0 Å². The molecule has 0 aliphatic carbocycles. The summed E-state index contributed by atoms with van der Waals surface area (Å²) >= 11 is 5.87. The first kappa shape index (κ1) is 17.2. The summed E-state index contributed by atoms with van der Waals surface area (Å²) < 4.78 is 0. The van der Waals surface area contributed by atoms with E-state index in [9.17, 15) is 4.79 Å². The van der Waals surface area contributed by atoms with Gasteiger partial charge in [-0.05, 0) is 24.6 Å². The Kier molecular flexibility index (Phi) is 6.64. The second kappa shape index (κ2) is 8.48. The minimum atomic E-state index is -0.0274. The van der Waals surface area contributed by atoms with E-state index < -0.39 is 0 Å². The standard InChI is InChI=1S/C16H24ClN3O2/c1-13(14-2-4-15(17)5-3-14)18-16(22)12-20-8-6-19(7-9-20)10-11-21/h2-5,13,21H,6-12H2,1H3,(H,18,22). The van der Waals surface area contributed by atoms with Crippen molar-refractivity contribution in [3.8, 4) is 0 Å².